The van der Waals surface area contributed by atoms with Gasteiger partial charge in [0.2, 0.25) is 0 Å². The fourth-order valence-electron chi connectivity index (χ4n) is 2.80. The summed E-state index contributed by atoms with van der Waals surface area (Å²) in [7, 11) is 0. The Morgan fingerprint density at radius 3 is 1.61 bits per heavy atom. The predicted molar refractivity (Wildman–Crippen MR) is 74.6 cm³/mol. The van der Waals surface area contributed by atoms with Crippen molar-refractivity contribution in [1.82, 2.24) is 0 Å². The van der Waals surface area contributed by atoms with Crippen LogP contribution < -0.4 is 0 Å². The van der Waals surface area contributed by atoms with Gasteiger partial charge in [-0.2, -0.15) is 12.1 Å². The summed E-state index contributed by atoms with van der Waals surface area (Å²) < 4.78 is 0. The maximum atomic E-state index is 2.21. The Balaban J connectivity index is 0.000001000. The molecule has 0 bridgehead atoms. The van der Waals surface area contributed by atoms with Gasteiger partial charge in [-0.05, 0) is 5.39 Å². The van der Waals surface area contributed by atoms with E-state index in [-0.39, 0.29) is 21.7 Å². The fourth-order valence-corrected chi connectivity index (χ4v) is 2.80. The molecule has 4 aromatic rings. The SMILES string of the molecule is [Ti].c1ccc2c(c1)c1ccccc1c1[cH-]ccc21. The van der Waals surface area contributed by atoms with Gasteiger partial charge in [0.15, 0.2) is 0 Å². The molecule has 0 spiro atoms. The summed E-state index contributed by atoms with van der Waals surface area (Å²) in [6.45, 7) is 0. The van der Waals surface area contributed by atoms with Gasteiger partial charge < -0.3 is 0 Å². The van der Waals surface area contributed by atoms with Gasteiger partial charge in [-0.1, -0.05) is 64.7 Å². The van der Waals surface area contributed by atoms with E-state index in [1.54, 1.807) is 0 Å². The third kappa shape index (κ3) is 1.46. The molecule has 0 unspecified atom stereocenters. The van der Waals surface area contributed by atoms with E-state index in [9.17, 15) is 0 Å². The van der Waals surface area contributed by atoms with Gasteiger partial charge in [0.1, 0.15) is 0 Å². The van der Waals surface area contributed by atoms with E-state index >= 15 is 0 Å². The molecule has 4 aromatic carbocycles. The maximum absolute atomic E-state index is 2.21. The Morgan fingerprint density at radius 1 is 0.556 bits per heavy atom. The average molecular weight is 263 g/mol. The first-order valence-electron chi connectivity index (χ1n) is 5.90. The van der Waals surface area contributed by atoms with Crippen molar-refractivity contribution in [2.45, 2.75) is 0 Å². The standard InChI is InChI=1S/C17H11.Ti/c1-3-8-14-12(6-1)13-7-2-4-9-15(13)17-11-5-10-16(14)17;/h1-11H;/q-1;. The minimum Gasteiger partial charge on any atom is -0.168 e. The minimum atomic E-state index is 0. The molecule has 4 rings (SSSR count). The Morgan fingerprint density at radius 2 is 1.00 bits per heavy atom. The van der Waals surface area contributed by atoms with Crippen LogP contribution in [0.4, 0.5) is 0 Å². The number of hydrogen-bond donors (Lipinski definition) is 0. The summed E-state index contributed by atoms with van der Waals surface area (Å²) >= 11 is 0. The van der Waals surface area contributed by atoms with Crippen molar-refractivity contribution in [1.29, 1.82) is 0 Å². The first-order valence-corrected chi connectivity index (χ1v) is 5.90. The zero-order valence-electron chi connectivity index (χ0n) is 9.85. The molecule has 84 valence electrons. The van der Waals surface area contributed by atoms with Gasteiger partial charge >= 0.3 is 0 Å². The van der Waals surface area contributed by atoms with Crippen molar-refractivity contribution in [3.8, 4) is 0 Å². The van der Waals surface area contributed by atoms with Crippen LogP contribution in [0.5, 0.6) is 0 Å². The molecule has 18 heavy (non-hydrogen) atoms. The predicted octanol–water partition coefficient (Wildman–Crippen LogP) is 4.86. The molecular weight excluding hydrogens is 252 g/mol. The van der Waals surface area contributed by atoms with Gasteiger partial charge in [-0.15, -0.1) is 16.8 Å². The molecule has 1 heteroatoms. The van der Waals surface area contributed by atoms with Crippen molar-refractivity contribution >= 4 is 32.3 Å². The Kier molecular flexibility index (Phi) is 2.78. The second kappa shape index (κ2) is 4.31. The van der Waals surface area contributed by atoms with Crippen molar-refractivity contribution in [3.63, 3.8) is 0 Å². The molecule has 0 saturated heterocycles. The molecule has 0 aliphatic rings. The monoisotopic (exact) mass is 263 g/mol. The number of hydrogen-bond acceptors (Lipinski definition) is 0. The third-order valence-electron chi connectivity index (χ3n) is 3.54. The quantitative estimate of drug-likeness (QED) is 0.241. The number of rotatable bonds is 0. The van der Waals surface area contributed by atoms with E-state index in [2.05, 4.69) is 66.7 Å². The van der Waals surface area contributed by atoms with E-state index in [1.165, 1.54) is 32.3 Å². The molecule has 0 aromatic heterocycles. The first kappa shape index (κ1) is 11.6. The van der Waals surface area contributed by atoms with Crippen molar-refractivity contribution in [2.75, 3.05) is 0 Å². The van der Waals surface area contributed by atoms with Crippen LogP contribution >= 0.6 is 0 Å². The summed E-state index contributed by atoms with van der Waals surface area (Å²) in [6, 6.07) is 23.9. The molecule has 0 aliphatic heterocycles. The zero-order valence-corrected chi connectivity index (χ0v) is 11.4. The van der Waals surface area contributed by atoms with Gasteiger partial charge in [-0.3, -0.25) is 0 Å². The maximum Gasteiger partial charge on any atom is 0 e. The molecule has 0 amide bonds. The van der Waals surface area contributed by atoms with Gasteiger partial charge in [-0.25, -0.2) is 0 Å². The second-order valence-electron chi connectivity index (χ2n) is 4.44. The van der Waals surface area contributed by atoms with Crippen molar-refractivity contribution in [2.24, 2.45) is 0 Å². The molecule has 0 atom stereocenters. The summed E-state index contributed by atoms with van der Waals surface area (Å²) in [5, 5.41) is 8.12. The molecule has 0 radical (unpaired) electrons. The molecule has 0 aliphatic carbocycles. The van der Waals surface area contributed by atoms with E-state index in [4.69, 9.17) is 0 Å². The molecule has 0 saturated carbocycles. The summed E-state index contributed by atoms with van der Waals surface area (Å²) in [5.74, 6) is 0. The first-order chi connectivity index (χ1) is 8.45. The molecule has 0 heterocycles. The van der Waals surface area contributed by atoms with Crippen LogP contribution in [0.1, 0.15) is 0 Å². The average Bonchev–Trinajstić information content (AvgIpc) is 2.89. The van der Waals surface area contributed by atoms with E-state index in [0.717, 1.165) is 0 Å². The summed E-state index contributed by atoms with van der Waals surface area (Å²) in [5.41, 5.74) is 0. The molecule has 0 N–H and O–H groups in total. The van der Waals surface area contributed by atoms with Gasteiger partial charge in [0.25, 0.3) is 0 Å². The molecule has 0 nitrogen and oxygen atoms in total. The molecule has 0 fully saturated rings. The van der Waals surface area contributed by atoms with Crippen molar-refractivity contribution in [3.05, 3.63) is 66.7 Å². The normalized spacial score (nSPS) is 10.9. The zero-order chi connectivity index (χ0) is 11.2. The van der Waals surface area contributed by atoms with Crippen LogP contribution in [0.2, 0.25) is 0 Å². The second-order valence-corrected chi connectivity index (χ2v) is 4.44. The largest absolute Gasteiger partial charge is 0.168 e. The van der Waals surface area contributed by atoms with Crippen LogP contribution in [0.3, 0.4) is 0 Å². The van der Waals surface area contributed by atoms with Crippen LogP contribution in [-0.2, 0) is 21.7 Å². The molecular formula is C17H11Ti-. The number of fused-ring (bicyclic) bond motifs is 6. The summed E-state index contributed by atoms with van der Waals surface area (Å²) in [4.78, 5) is 0. The topological polar surface area (TPSA) is 0 Å². The van der Waals surface area contributed by atoms with Gasteiger partial charge in [0, 0.05) is 21.7 Å². The Hall–Kier alpha value is -1.50. The smallest absolute Gasteiger partial charge is 0 e. The van der Waals surface area contributed by atoms with Crippen LogP contribution in [0.25, 0.3) is 32.3 Å². The Bertz CT molecular complexity index is 770. The fraction of sp³-hybridized carbons (Fsp3) is 0. The van der Waals surface area contributed by atoms with E-state index < -0.39 is 0 Å². The van der Waals surface area contributed by atoms with Crippen molar-refractivity contribution < 1.29 is 21.7 Å². The van der Waals surface area contributed by atoms with Crippen LogP contribution in [0.15, 0.2) is 66.7 Å². The third-order valence-corrected chi connectivity index (χ3v) is 3.54. The minimum absolute atomic E-state index is 0. The summed E-state index contributed by atoms with van der Waals surface area (Å²) in [6.07, 6.45) is 0. The van der Waals surface area contributed by atoms with E-state index in [0.29, 0.717) is 0 Å². The Labute approximate surface area is 120 Å². The van der Waals surface area contributed by atoms with Gasteiger partial charge in [0.05, 0.1) is 0 Å². The van der Waals surface area contributed by atoms with Crippen LogP contribution in [0, 0.1) is 0 Å². The van der Waals surface area contributed by atoms with Crippen LogP contribution in [-0.4, -0.2) is 0 Å². The number of benzene rings is 3. The van der Waals surface area contributed by atoms with E-state index in [1.807, 2.05) is 0 Å².